The molecule has 2 heterocycles. The zero-order valence-electron chi connectivity index (χ0n) is 38.0. The van der Waals surface area contributed by atoms with Gasteiger partial charge in [-0.3, -0.25) is 43.2 Å². The van der Waals surface area contributed by atoms with E-state index in [1.54, 1.807) is 13.8 Å². The summed E-state index contributed by atoms with van der Waals surface area (Å²) in [5.74, 6) is -9.70. The Morgan fingerprint density at radius 2 is 1.27 bits per heavy atom. The molecule has 67 heavy (non-hydrogen) atoms. The third kappa shape index (κ3) is 19.2. The Morgan fingerprint density at radius 3 is 1.79 bits per heavy atom. The average molecular weight is 954 g/mol. The molecular weight excluding hydrogens is 887 g/mol. The van der Waals surface area contributed by atoms with Crippen molar-refractivity contribution in [1.82, 2.24) is 63.1 Å². The Kier molecular flexibility index (Phi) is 24.9. The Hall–Kier alpha value is -6.29. The smallest absolute Gasteiger partial charge is 0.328 e. The van der Waals surface area contributed by atoms with Gasteiger partial charge in [-0.1, -0.05) is 20.3 Å². The monoisotopic (exact) mass is 953 g/mol. The number of hydrogen-bond donors (Lipinski definition) is 16. The van der Waals surface area contributed by atoms with Gasteiger partial charge in [-0.25, -0.2) is 9.78 Å². The van der Waals surface area contributed by atoms with Gasteiger partial charge in [0.25, 0.3) is 0 Å². The number of unbranched alkanes of at least 4 members (excludes halogenated alkanes) is 1. The van der Waals surface area contributed by atoms with Gasteiger partial charge in [0, 0.05) is 18.3 Å². The summed E-state index contributed by atoms with van der Waals surface area (Å²) in [4.78, 5) is 136. The summed E-state index contributed by atoms with van der Waals surface area (Å²) < 4.78 is 0. The summed E-state index contributed by atoms with van der Waals surface area (Å²) in [6, 6.07) is -11.8. The Labute approximate surface area is 386 Å². The number of nitrogens with one attached hydrogen (secondary N) is 11. The highest BCUT2D eigenvalue weighted by Crippen LogP contribution is 2.11. The number of H-pyrrole nitrogens is 1. The number of aliphatic carboxylic acids is 1. The molecule has 17 N–H and O–H groups in total. The SMILES string of the molecule is CC[C@H](C)[C@H](NC(=O)[C@H](CO)NC(=O)[C@H](C)NC(=O)[C@H](Cc1cnc[nH]1)NC(=O)CNC(=O)[C@H](CO)NC(=O)[C@@H]1CCCN1)C(=O)N[C@@H](CCCCN)C(=O)N[C@@H](C)C(=O)N[C@@H](CO)C(=O)O. The predicted molar refractivity (Wildman–Crippen MR) is 234 cm³/mol. The van der Waals surface area contributed by atoms with Crippen LogP contribution >= 0.6 is 0 Å². The Morgan fingerprint density at radius 1 is 0.701 bits per heavy atom. The summed E-state index contributed by atoms with van der Waals surface area (Å²) in [6.07, 6.45) is 5.06. The highest BCUT2D eigenvalue weighted by molar-refractivity contribution is 5.98. The Balaban J connectivity index is 2.10. The van der Waals surface area contributed by atoms with Gasteiger partial charge in [-0.15, -0.1) is 0 Å². The second-order valence-corrected chi connectivity index (χ2v) is 16.0. The molecule has 2 rings (SSSR count). The third-order valence-electron chi connectivity index (χ3n) is 10.7. The number of carbonyl (C=O) groups excluding carboxylic acids is 9. The van der Waals surface area contributed by atoms with Crippen LogP contribution in [0.1, 0.15) is 71.9 Å². The second-order valence-electron chi connectivity index (χ2n) is 16.0. The standard InChI is InChI=1S/C40H67N13O14/c1-5-20(2)31(39(65)49-25(9-6-7-11-41)36(62)46-22(4)33(59)52-29(18-56)40(66)67)53-38(64)28(17-55)50-32(58)21(3)47-37(63)26(13-23-14-42-19-45-23)48-30(57)15-44-34(60)27(16-54)51-35(61)24-10-8-12-43-24/h14,19-22,24-29,31,43,54-56H,5-13,15-18,41H2,1-4H3,(H,42,45)(H,44,60)(H,46,62)(H,47,63)(H,48,57)(H,49,65)(H,50,58)(H,51,61)(H,52,59)(H,53,64)(H,66,67)/t20-,21-,22-,24-,25-,26-,27-,28-,29-,31-/m0/s1. The van der Waals surface area contributed by atoms with Gasteiger partial charge in [0.15, 0.2) is 0 Å². The fraction of sp³-hybridized carbons (Fsp3) is 0.675. The van der Waals surface area contributed by atoms with Crippen LogP contribution in [0.3, 0.4) is 0 Å². The van der Waals surface area contributed by atoms with E-state index in [2.05, 4.69) is 63.1 Å². The molecular formula is C40H67N13O14. The van der Waals surface area contributed by atoms with Gasteiger partial charge in [0.2, 0.25) is 53.2 Å². The lowest BCUT2D eigenvalue weighted by molar-refractivity contribution is -0.143. The molecule has 10 atom stereocenters. The van der Waals surface area contributed by atoms with Crippen LogP contribution in [-0.4, -0.2) is 183 Å². The number of aliphatic hydroxyl groups is 3. The van der Waals surface area contributed by atoms with Crippen molar-refractivity contribution in [1.29, 1.82) is 0 Å². The molecule has 1 fully saturated rings. The predicted octanol–water partition coefficient (Wildman–Crippen LogP) is -7.02. The molecule has 376 valence electrons. The molecule has 1 aromatic heterocycles. The summed E-state index contributed by atoms with van der Waals surface area (Å²) in [5.41, 5.74) is 6.01. The lowest BCUT2D eigenvalue weighted by Gasteiger charge is -2.29. The van der Waals surface area contributed by atoms with E-state index in [0.29, 0.717) is 37.9 Å². The zero-order chi connectivity index (χ0) is 50.2. The van der Waals surface area contributed by atoms with Crippen LogP contribution in [0.15, 0.2) is 12.5 Å². The first-order valence-electron chi connectivity index (χ1n) is 22.0. The quantitative estimate of drug-likeness (QED) is 0.0319. The van der Waals surface area contributed by atoms with E-state index in [-0.39, 0.29) is 19.4 Å². The molecule has 1 saturated heterocycles. The highest BCUT2D eigenvalue weighted by atomic mass is 16.4. The number of hydrogen-bond acceptors (Lipinski definition) is 16. The number of carboxylic acid groups (broad SMARTS) is 1. The van der Waals surface area contributed by atoms with E-state index >= 15 is 0 Å². The molecule has 0 radical (unpaired) electrons. The maximum atomic E-state index is 13.7. The molecule has 1 aromatic rings. The summed E-state index contributed by atoms with van der Waals surface area (Å²) >= 11 is 0. The minimum absolute atomic E-state index is 0.0467. The van der Waals surface area contributed by atoms with Gasteiger partial charge in [0.1, 0.15) is 48.3 Å². The number of carboxylic acids is 1. The van der Waals surface area contributed by atoms with Gasteiger partial charge >= 0.3 is 5.97 Å². The number of amides is 9. The number of nitrogens with zero attached hydrogens (tertiary/aromatic N) is 1. The van der Waals surface area contributed by atoms with Crippen LogP contribution in [0, 0.1) is 5.92 Å². The minimum Gasteiger partial charge on any atom is -0.480 e. The first-order valence-corrected chi connectivity index (χ1v) is 22.0. The van der Waals surface area contributed by atoms with Gasteiger partial charge < -0.3 is 84.3 Å². The van der Waals surface area contributed by atoms with Crippen LogP contribution in [0.2, 0.25) is 0 Å². The molecule has 0 unspecified atom stereocenters. The molecule has 0 aliphatic carbocycles. The molecule has 0 spiro atoms. The number of rotatable bonds is 30. The van der Waals surface area contributed by atoms with Crippen molar-refractivity contribution in [2.75, 3.05) is 39.5 Å². The van der Waals surface area contributed by atoms with Crippen LogP contribution in [-0.2, 0) is 54.4 Å². The van der Waals surface area contributed by atoms with E-state index in [1.807, 2.05) is 0 Å². The molecule has 1 aliphatic heterocycles. The maximum Gasteiger partial charge on any atom is 0.328 e. The van der Waals surface area contributed by atoms with E-state index < -0.39 is 146 Å². The number of aromatic amines is 1. The van der Waals surface area contributed by atoms with Gasteiger partial charge in [-0.05, 0) is 65.0 Å². The normalized spacial score (nSPS) is 17.3. The van der Waals surface area contributed by atoms with Crippen LogP contribution < -0.4 is 58.9 Å². The van der Waals surface area contributed by atoms with Crippen LogP contribution in [0.4, 0.5) is 0 Å². The lowest BCUT2D eigenvalue weighted by atomic mass is 9.97. The van der Waals surface area contributed by atoms with Crippen molar-refractivity contribution in [2.24, 2.45) is 11.7 Å². The molecule has 27 nitrogen and oxygen atoms in total. The van der Waals surface area contributed by atoms with Crippen molar-refractivity contribution in [3.8, 4) is 0 Å². The summed E-state index contributed by atoms with van der Waals surface area (Å²) in [5, 5.41) is 62.7. The van der Waals surface area contributed by atoms with Gasteiger partial charge in [0.05, 0.1) is 38.7 Å². The molecule has 0 bridgehead atoms. The molecule has 9 amide bonds. The molecule has 0 saturated carbocycles. The first kappa shape index (κ1) is 56.8. The van der Waals surface area contributed by atoms with Crippen molar-refractivity contribution < 1.29 is 68.4 Å². The number of carbonyl (C=O) groups is 10. The van der Waals surface area contributed by atoms with E-state index in [4.69, 9.17) is 10.8 Å². The largest absolute Gasteiger partial charge is 0.480 e. The first-order chi connectivity index (χ1) is 31.8. The second kappa shape index (κ2) is 29.4. The van der Waals surface area contributed by atoms with Crippen molar-refractivity contribution in [3.05, 3.63) is 18.2 Å². The molecule has 0 aromatic carbocycles. The Bertz CT molecular complexity index is 1830. The number of aliphatic hydroxyl groups excluding tert-OH is 3. The summed E-state index contributed by atoms with van der Waals surface area (Å²) in [6.45, 7) is 3.46. The van der Waals surface area contributed by atoms with E-state index in [0.717, 1.165) is 6.42 Å². The van der Waals surface area contributed by atoms with E-state index in [1.165, 1.54) is 26.4 Å². The maximum absolute atomic E-state index is 13.7. The van der Waals surface area contributed by atoms with Crippen molar-refractivity contribution >= 4 is 59.1 Å². The zero-order valence-corrected chi connectivity index (χ0v) is 38.0. The van der Waals surface area contributed by atoms with Crippen molar-refractivity contribution in [3.63, 3.8) is 0 Å². The summed E-state index contributed by atoms with van der Waals surface area (Å²) in [7, 11) is 0. The number of aromatic nitrogens is 2. The average Bonchev–Trinajstić information content (AvgIpc) is 4.04. The fourth-order valence-electron chi connectivity index (χ4n) is 6.45. The molecule has 27 heteroatoms. The topological polar surface area (TPSA) is 427 Å². The fourth-order valence-corrected chi connectivity index (χ4v) is 6.45. The van der Waals surface area contributed by atoms with E-state index in [9.17, 15) is 63.3 Å². The highest BCUT2D eigenvalue weighted by Gasteiger charge is 2.35. The number of nitrogens with two attached hydrogens (primary N) is 1. The van der Waals surface area contributed by atoms with Crippen molar-refractivity contribution in [2.45, 2.75) is 127 Å². The molecule has 1 aliphatic rings. The minimum atomic E-state index is -1.66. The van der Waals surface area contributed by atoms with Gasteiger partial charge in [-0.2, -0.15) is 0 Å². The third-order valence-corrected chi connectivity index (χ3v) is 10.7. The van der Waals surface area contributed by atoms with Crippen LogP contribution in [0.5, 0.6) is 0 Å². The van der Waals surface area contributed by atoms with Crippen LogP contribution in [0.25, 0.3) is 0 Å². The number of imidazole rings is 1. The lowest BCUT2D eigenvalue weighted by Crippen LogP contribution is -2.61.